The van der Waals surface area contributed by atoms with E-state index in [1.807, 2.05) is 6.07 Å². The van der Waals surface area contributed by atoms with Crippen LogP contribution in [0.1, 0.15) is 5.56 Å². The van der Waals surface area contributed by atoms with Gasteiger partial charge in [-0.15, -0.1) is 0 Å². The molecule has 1 aliphatic rings. The van der Waals surface area contributed by atoms with Crippen molar-refractivity contribution in [2.24, 2.45) is 0 Å². The number of hydrogen-bond donors (Lipinski definition) is 0. The average molecular weight is 198 g/mol. The number of quaternary nitrogens is 1. The molecule has 76 valence electrons. The first-order chi connectivity index (χ1) is 7.09. The van der Waals surface area contributed by atoms with Crippen LogP contribution in [0.4, 0.5) is 0 Å². The largest absolute Gasteiger partial charge is 0.270 e. The van der Waals surface area contributed by atoms with Crippen molar-refractivity contribution in [3.8, 4) is 0 Å². The lowest BCUT2D eigenvalue weighted by Gasteiger charge is -2.28. The monoisotopic (exact) mass is 198 g/mol. The van der Waals surface area contributed by atoms with Gasteiger partial charge in [0, 0.05) is 5.57 Å². The lowest BCUT2D eigenvalue weighted by molar-refractivity contribution is -0.794. The van der Waals surface area contributed by atoms with Gasteiger partial charge in [0.1, 0.15) is 11.9 Å². The molecule has 1 heterocycles. The predicted molar refractivity (Wildman–Crippen MR) is 64.8 cm³/mol. The summed E-state index contributed by atoms with van der Waals surface area (Å²) in [5, 5.41) is 0. The van der Waals surface area contributed by atoms with Gasteiger partial charge in [-0.2, -0.15) is 0 Å². The molecule has 0 radical (unpaired) electrons. The minimum Gasteiger partial charge on any atom is -0.270 e. The molecule has 15 heavy (non-hydrogen) atoms. The summed E-state index contributed by atoms with van der Waals surface area (Å²) in [5.74, 6) is 0. The fraction of sp³-hybridized carbons (Fsp3) is 0.143. The Kier molecular flexibility index (Phi) is 2.33. The number of rotatable bonds is 1. The van der Waals surface area contributed by atoms with E-state index in [1.54, 1.807) is 0 Å². The summed E-state index contributed by atoms with van der Waals surface area (Å²) >= 11 is 0. The van der Waals surface area contributed by atoms with Gasteiger partial charge in [0.25, 0.3) is 0 Å². The number of hydrogen-bond acceptors (Lipinski definition) is 0. The highest BCUT2D eigenvalue weighted by Gasteiger charge is 2.20. The molecule has 1 aromatic rings. The zero-order chi connectivity index (χ0) is 10.9. The van der Waals surface area contributed by atoms with Crippen LogP contribution in [-0.2, 0) is 0 Å². The van der Waals surface area contributed by atoms with E-state index >= 15 is 0 Å². The highest BCUT2D eigenvalue weighted by atomic mass is 15.3. The van der Waals surface area contributed by atoms with Gasteiger partial charge in [0.15, 0.2) is 0 Å². The number of allylic oxidation sites excluding steroid dienone is 3. The second-order valence-electron chi connectivity index (χ2n) is 4.32. The van der Waals surface area contributed by atoms with E-state index in [1.165, 1.54) is 11.1 Å². The average Bonchev–Trinajstić information content (AvgIpc) is 2.23. The smallest absolute Gasteiger partial charge is 0.129 e. The molecule has 0 aliphatic carbocycles. The molecule has 0 saturated carbocycles. The van der Waals surface area contributed by atoms with Gasteiger partial charge in [0.05, 0.1) is 14.1 Å². The van der Waals surface area contributed by atoms with Crippen molar-refractivity contribution in [2.45, 2.75) is 0 Å². The molecule has 1 nitrogen and oxygen atoms in total. The highest BCUT2D eigenvalue weighted by Crippen LogP contribution is 2.26. The second-order valence-corrected chi connectivity index (χ2v) is 4.32. The Labute approximate surface area is 91.2 Å². The van der Waals surface area contributed by atoms with Crippen LogP contribution in [-0.4, -0.2) is 18.6 Å². The van der Waals surface area contributed by atoms with Crippen molar-refractivity contribution in [1.82, 2.24) is 0 Å². The van der Waals surface area contributed by atoms with Crippen LogP contribution in [0, 0.1) is 0 Å². The van der Waals surface area contributed by atoms with Gasteiger partial charge in [-0.05, 0) is 24.3 Å². The first-order valence-electron chi connectivity index (χ1n) is 5.09. The third-order valence-corrected chi connectivity index (χ3v) is 2.76. The van der Waals surface area contributed by atoms with Crippen LogP contribution in [0.2, 0.25) is 0 Å². The summed E-state index contributed by atoms with van der Waals surface area (Å²) in [6, 6.07) is 10.4. The van der Waals surface area contributed by atoms with Crippen molar-refractivity contribution in [2.75, 3.05) is 14.1 Å². The molecule has 0 spiro atoms. The predicted octanol–water partition coefficient (Wildman–Crippen LogP) is 3.19. The summed E-state index contributed by atoms with van der Waals surface area (Å²) in [6.45, 7) is 4.04. The van der Waals surface area contributed by atoms with Crippen molar-refractivity contribution < 1.29 is 4.48 Å². The Bertz CT molecular complexity index is 436. The fourth-order valence-electron chi connectivity index (χ4n) is 1.65. The lowest BCUT2D eigenvalue weighted by Crippen LogP contribution is -2.32. The molecule has 1 heteroatoms. The normalized spacial score (nSPS) is 18.8. The molecule has 0 N–H and O–H groups in total. The van der Waals surface area contributed by atoms with Gasteiger partial charge in [-0.25, -0.2) is 0 Å². The molecule has 0 fully saturated rings. The molecule has 0 saturated heterocycles. The van der Waals surface area contributed by atoms with Crippen molar-refractivity contribution >= 4 is 5.57 Å². The SMILES string of the molecule is C=C1C=CC(c2ccccc2)=C[N+]1(C)C. The molecular weight excluding hydrogens is 182 g/mol. The van der Waals surface area contributed by atoms with E-state index in [-0.39, 0.29) is 0 Å². The van der Waals surface area contributed by atoms with Gasteiger partial charge in [-0.3, -0.25) is 4.48 Å². The molecule has 0 amide bonds. The Balaban J connectivity index is 2.41. The molecule has 0 bridgehead atoms. The maximum atomic E-state index is 4.04. The third kappa shape index (κ3) is 1.92. The van der Waals surface area contributed by atoms with Gasteiger partial charge in [-0.1, -0.05) is 30.3 Å². The van der Waals surface area contributed by atoms with E-state index < -0.39 is 0 Å². The topological polar surface area (TPSA) is 0 Å². The van der Waals surface area contributed by atoms with Crippen molar-refractivity contribution in [3.63, 3.8) is 0 Å². The Morgan fingerprint density at radius 2 is 1.67 bits per heavy atom. The van der Waals surface area contributed by atoms with Gasteiger partial charge >= 0.3 is 0 Å². The maximum absolute atomic E-state index is 4.04. The first kappa shape index (κ1) is 9.94. The Morgan fingerprint density at radius 3 is 2.27 bits per heavy atom. The van der Waals surface area contributed by atoms with E-state index in [0.717, 1.165) is 10.2 Å². The van der Waals surface area contributed by atoms with Gasteiger partial charge in [0.2, 0.25) is 0 Å². The van der Waals surface area contributed by atoms with Crippen molar-refractivity contribution in [3.05, 3.63) is 66.5 Å². The Morgan fingerprint density at radius 1 is 1.00 bits per heavy atom. The molecule has 0 unspecified atom stereocenters. The van der Waals surface area contributed by atoms with Crippen molar-refractivity contribution in [1.29, 1.82) is 0 Å². The van der Waals surface area contributed by atoms with Crippen LogP contribution in [0.3, 0.4) is 0 Å². The standard InChI is InChI=1S/C14H16N/c1-12-9-10-14(11-15(12,2)3)13-7-5-4-6-8-13/h4-11H,1H2,2-3H3/q+1. The summed E-state index contributed by atoms with van der Waals surface area (Å²) in [6.07, 6.45) is 6.43. The molecule has 0 atom stereocenters. The van der Waals surface area contributed by atoms with Crippen LogP contribution in [0.25, 0.3) is 5.57 Å². The fourth-order valence-corrected chi connectivity index (χ4v) is 1.65. The zero-order valence-electron chi connectivity index (χ0n) is 9.27. The highest BCUT2D eigenvalue weighted by molar-refractivity contribution is 5.74. The lowest BCUT2D eigenvalue weighted by atomic mass is 10.0. The van der Waals surface area contributed by atoms with E-state index in [2.05, 4.69) is 63.3 Å². The quantitative estimate of drug-likeness (QED) is 0.608. The minimum atomic E-state index is 0.723. The summed E-state index contributed by atoms with van der Waals surface area (Å²) in [5.41, 5.74) is 3.62. The van der Waals surface area contributed by atoms with Crippen LogP contribution >= 0.6 is 0 Å². The minimum absolute atomic E-state index is 0.723. The Hall–Kier alpha value is -1.60. The molecular formula is C14H16N+. The van der Waals surface area contributed by atoms with Crippen LogP contribution in [0.5, 0.6) is 0 Å². The number of likely N-dealkylation sites (N-methyl/N-ethyl adjacent to an activating group) is 1. The third-order valence-electron chi connectivity index (χ3n) is 2.76. The second kappa shape index (κ2) is 3.52. The summed E-state index contributed by atoms with van der Waals surface area (Å²) in [7, 11) is 4.27. The van der Waals surface area contributed by atoms with E-state index in [0.29, 0.717) is 0 Å². The molecule has 0 aromatic heterocycles. The summed E-state index contributed by atoms with van der Waals surface area (Å²) in [4.78, 5) is 0. The molecule has 1 aliphatic heterocycles. The number of benzene rings is 1. The first-order valence-corrected chi connectivity index (χ1v) is 5.09. The summed E-state index contributed by atoms with van der Waals surface area (Å²) < 4.78 is 0.723. The van der Waals surface area contributed by atoms with E-state index in [9.17, 15) is 0 Å². The van der Waals surface area contributed by atoms with Gasteiger partial charge < -0.3 is 0 Å². The van der Waals surface area contributed by atoms with E-state index in [4.69, 9.17) is 0 Å². The number of nitrogens with zero attached hydrogens (tertiary/aromatic N) is 1. The molecule has 1 aromatic carbocycles. The van der Waals surface area contributed by atoms with Crippen LogP contribution < -0.4 is 0 Å². The zero-order valence-corrected chi connectivity index (χ0v) is 9.27. The molecule has 2 rings (SSSR count). The van der Waals surface area contributed by atoms with Crippen LogP contribution in [0.15, 0.2) is 61.0 Å². The maximum Gasteiger partial charge on any atom is 0.129 e.